The highest BCUT2D eigenvalue weighted by molar-refractivity contribution is 6.39. The van der Waals surface area contributed by atoms with Crippen molar-refractivity contribution in [2.75, 3.05) is 19.6 Å². The molecule has 4 aromatic rings. The van der Waals surface area contributed by atoms with Crippen LogP contribution in [-0.4, -0.2) is 31.4 Å². The molecule has 0 spiro atoms. The van der Waals surface area contributed by atoms with Gasteiger partial charge in [-0.1, -0.05) is 13.3 Å². The SMILES string of the molecule is CCCC(c1c(OB(Oc2cc(F)c(F)c(F)c2)Oc2cc(F)c(F)c(F)c2)cc(F)c(F)c1F)[N+](CC)(CC)CC.Fc1c[c-]cc(F)c1F. The van der Waals surface area contributed by atoms with Crippen molar-refractivity contribution < 1.29 is 71.1 Å². The van der Waals surface area contributed by atoms with E-state index < -0.39 is 106 Å². The first-order chi connectivity index (χ1) is 24.0. The largest absolute Gasteiger partial charge is 0.864 e. The molecule has 0 aliphatic heterocycles. The summed E-state index contributed by atoms with van der Waals surface area (Å²) in [6.45, 7) is 8.65. The van der Waals surface area contributed by atoms with Gasteiger partial charge in [0.15, 0.2) is 52.4 Å². The summed E-state index contributed by atoms with van der Waals surface area (Å²) < 4.78 is 179. The number of nitrogens with zero attached hydrogens (tertiary/aromatic N) is 1. The van der Waals surface area contributed by atoms with Gasteiger partial charge in [0.2, 0.25) is 0 Å². The predicted molar refractivity (Wildman–Crippen MR) is 161 cm³/mol. The van der Waals surface area contributed by atoms with Crippen molar-refractivity contribution in [1.29, 1.82) is 0 Å². The third-order valence-corrected chi connectivity index (χ3v) is 8.05. The monoisotopic (exact) mass is 739 g/mol. The molecule has 0 N–H and O–H groups in total. The maximum absolute atomic E-state index is 15.6. The van der Waals surface area contributed by atoms with Crippen LogP contribution in [-0.2, 0) is 0 Å². The Morgan fingerprint density at radius 3 is 1.29 bits per heavy atom. The van der Waals surface area contributed by atoms with Gasteiger partial charge in [0.25, 0.3) is 0 Å². The minimum Gasteiger partial charge on any atom is -0.489 e. The Morgan fingerprint density at radius 1 is 0.529 bits per heavy atom. The quantitative estimate of drug-likeness (QED) is 0.0450. The van der Waals surface area contributed by atoms with Gasteiger partial charge in [-0.15, -0.1) is 12.1 Å². The van der Waals surface area contributed by atoms with Gasteiger partial charge in [-0.05, 0) is 20.8 Å². The molecule has 1 atom stereocenters. The van der Waals surface area contributed by atoms with E-state index in [2.05, 4.69) is 6.07 Å². The topological polar surface area (TPSA) is 27.7 Å². The van der Waals surface area contributed by atoms with Gasteiger partial charge >= 0.3 is 7.32 Å². The summed E-state index contributed by atoms with van der Waals surface area (Å²) in [6.07, 6.45) is 0.768. The Bertz CT molecular complexity index is 1690. The van der Waals surface area contributed by atoms with Crippen molar-refractivity contribution in [2.45, 2.75) is 46.6 Å². The lowest BCUT2D eigenvalue weighted by Crippen LogP contribution is -2.51. The Balaban J connectivity index is 0.000000676. The Labute approximate surface area is 285 Å². The third-order valence-electron chi connectivity index (χ3n) is 8.05. The van der Waals surface area contributed by atoms with Crippen LogP contribution >= 0.6 is 0 Å². The molecule has 0 aliphatic rings. The standard InChI is InChI=1S/C28H28BF9NO3.C6H2F3/c1-5-9-22(39(6-2,7-3)8-4)24-23(14-21(34)27(37)28(24)38)42-29(40-15-10-17(30)25(35)18(31)11-15)41-16-12-19(32)26(36)20(33)13-16;7-4-2-1-3-5(8)6(4)9/h10-14,22H,5-9H2,1-4H3;2-3H/q+1;-1. The summed E-state index contributed by atoms with van der Waals surface area (Å²) in [4.78, 5) is 0. The maximum atomic E-state index is 15.6. The summed E-state index contributed by atoms with van der Waals surface area (Å²) in [7, 11) is -2.32. The molecule has 0 bridgehead atoms. The van der Waals surface area contributed by atoms with Crippen LogP contribution in [0, 0.1) is 75.9 Å². The third kappa shape index (κ3) is 9.42. The normalized spacial score (nSPS) is 11.8. The van der Waals surface area contributed by atoms with E-state index in [0.29, 0.717) is 56.4 Å². The van der Waals surface area contributed by atoms with Gasteiger partial charge in [-0.3, -0.25) is 8.78 Å². The maximum Gasteiger partial charge on any atom is 0.864 e. The molecule has 4 nitrogen and oxygen atoms in total. The van der Waals surface area contributed by atoms with E-state index in [1.54, 1.807) is 6.92 Å². The Morgan fingerprint density at radius 2 is 0.922 bits per heavy atom. The lowest BCUT2D eigenvalue weighted by atomic mass is 9.95. The van der Waals surface area contributed by atoms with E-state index >= 15 is 4.39 Å². The minimum atomic E-state index is -2.32. The molecule has 0 fully saturated rings. The van der Waals surface area contributed by atoms with Crippen LogP contribution in [0.15, 0.2) is 42.5 Å². The second kappa shape index (κ2) is 17.6. The molecule has 4 aromatic carbocycles. The van der Waals surface area contributed by atoms with E-state index in [1.165, 1.54) is 0 Å². The molecule has 0 heterocycles. The zero-order chi connectivity index (χ0) is 38.2. The summed E-state index contributed by atoms with van der Waals surface area (Å²) in [5.41, 5.74) is -0.411. The number of benzene rings is 4. The number of quaternary nitrogens is 1. The van der Waals surface area contributed by atoms with Crippen molar-refractivity contribution >= 4 is 7.32 Å². The van der Waals surface area contributed by atoms with Gasteiger partial charge in [0, 0.05) is 48.4 Å². The molecule has 0 saturated heterocycles. The van der Waals surface area contributed by atoms with Gasteiger partial charge in [-0.25, -0.2) is 43.9 Å². The molecule has 1 unspecified atom stereocenters. The fourth-order valence-corrected chi connectivity index (χ4v) is 5.32. The summed E-state index contributed by atoms with van der Waals surface area (Å²) >= 11 is 0. The molecule has 51 heavy (non-hydrogen) atoms. The lowest BCUT2D eigenvalue weighted by molar-refractivity contribution is -0.953. The van der Waals surface area contributed by atoms with Crippen LogP contribution in [0.25, 0.3) is 0 Å². The smallest absolute Gasteiger partial charge is 0.489 e. The first kappa shape index (κ1) is 40.9. The van der Waals surface area contributed by atoms with Crippen molar-refractivity contribution in [3.63, 3.8) is 0 Å². The van der Waals surface area contributed by atoms with Gasteiger partial charge < -0.3 is 18.4 Å². The molecular formula is C34H30BF12NO3. The predicted octanol–water partition coefficient (Wildman–Crippen LogP) is 10.1. The molecule has 276 valence electrons. The van der Waals surface area contributed by atoms with Crippen LogP contribution in [0.3, 0.4) is 0 Å². The molecule has 0 aromatic heterocycles. The lowest BCUT2D eigenvalue weighted by Gasteiger charge is -2.44. The molecule has 0 aliphatic carbocycles. The number of rotatable bonds is 13. The average molecular weight is 739 g/mol. The fraction of sp³-hybridized carbons (Fsp3) is 0.294. The molecule has 0 radical (unpaired) electrons. The van der Waals surface area contributed by atoms with E-state index in [4.69, 9.17) is 14.0 Å². The summed E-state index contributed by atoms with van der Waals surface area (Å²) in [5, 5.41) is 0. The van der Waals surface area contributed by atoms with Crippen LogP contribution < -0.4 is 14.0 Å². The molecule has 4 rings (SSSR count). The van der Waals surface area contributed by atoms with Gasteiger partial charge in [0.1, 0.15) is 23.3 Å². The van der Waals surface area contributed by atoms with Crippen molar-refractivity contribution in [3.05, 3.63) is 124 Å². The fourth-order valence-electron chi connectivity index (χ4n) is 5.32. The van der Waals surface area contributed by atoms with Crippen molar-refractivity contribution in [2.24, 2.45) is 0 Å². The molecular weight excluding hydrogens is 709 g/mol. The van der Waals surface area contributed by atoms with Gasteiger partial charge in [0.05, 0.1) is 31.0 Å². The van der Waals surface area contributed by atoms with Gasteiger partial charge in [-0.2, -0.15) is 6.07 Å². The van der Waals surface area contributed by atoms with Crippen LogP contribution in [0.2, 0.25) is 0 Å². The Hall–Kier alpha value is -4.54. The van der Waals surface area contributed by atoms with E-state index in [0.717, 1.165) is 12.1 Å². The van der Waals surface area contributed by atoms with E-state index in [9.17, 15) is 48.3 Å². The summed E-state index contributed by atoms with van der Waals surface area (Å²) in [5.74, 6) is -21.6. The van der Waals surface area contributed by atoms with E-state index in [-0.39, 0.29) is 10.9 Å². The second-order valence-electron chi connectivity index (χ2n) is 10.9. The number of hydrogen-bond acceptors (Lipinski definition) is 3. The number of halogens is 12. The molecule has 0 saturated carbocycles. The molecule has 0 amide bonds. The summed E-state index contributed by atoms with van der Waals surface area (Å²) in [6, 6.07) is 4.76. The highest BCUT2D eigenvalue weighted by Crippen LogP contribution is 2.41. The van der Waals surface area contributed by atoms with Crippen LogP contribution in [0.1, 0.15) is 52.1 Å². The van der Waals surface area contributed by atoms with Crippen LogP contribution in [0.5, 0.6) is 17.2 Å². The van der Waals surface area contributed by atoms with E-state index in [1.807, 2.05) is 20.8 Å². The van der Waals surface area contributed by atoms with Crippen molar-refractivity contribution in [1.82, 2.24) is 0 Å². The Kier molecular flexibility index (Phi) is 14.1. The minimum absolute atomic E-state index is 0.210. The van der Waals surface area contributed by atoms with Crippen molar-refractivity contribution in [3.8, 4) is 17.2 Å². The highest BCUT2D eigenvalue weighted by Gasteiger charge is 2.41. The highest BCUT2D eigenvalue weighted by atomic mass is 19.2. The zero-order valence-corrected chi connectivity index (χ0v) is 27.4. The molecule has 17 heteroatoms. The second-order valence-corrected chi connectivity index (χ2v) is 10.9. The first-order valence-corrected chi connectivity index (χ1v) is 15.4. The number of hydrogen-bond donors (Lipinski definition) is 0. The first-order valence-electron chi connectivity index (χ1n) is 15.4. The zero-order valence-electron chi connectivity index (χ0n) is 27.4. The average Bonchev–Trinajstić information content (AvgIpc) is 3.08. The van der Waals surface area contributed by atoms with Crippen LogP contribution in [0.4, 0.5) is 52.7 Å².